The summed E-state index contributed by atoms with van der Waals surface area (Å²) in [6, 6.07) is 17.6. The van der Waals surface area contributed by atoms with E-state index in [4.69, 9.17) is 21.7 Å². The van der Waals surface area contributed by atoms with Crippen LogP contribution in [0.2, 0.25) is 0 Å². The molecule has 2 aromatic carbocycles. The number of aryl methyl sites for hydroxylation is 1. The molecule has 3 aromatic rings. The number of thiocarbonyl (C=S) groups is 1. The Kier molecular flexibility index (Phi) is 7.09. The highest BCUT2D eigenvalue weighted by Crippen LogP contribution is 2.36. The first-order valence-corrected chi connectivity index (χ1v) is 10.9. The average molecular weight is 452 g/mol. The lowest BCUT2D eigenvalue weighted by Gasteiger charge is -2.14. The standard InChI is InChI=1S/C22H15NO4S2.C2H6/c1-13-4-2-7-16(10-13)23-20(24)19(29-22(23)28)12-17-8-9-18(27-17)14-5-3-6-15(11-14)21(25)26;1-2/h2-12H,1H3,(H,25,26);1-2H3/b19-12-;. The number of benzene rings is 2. The molecule has 2 heterocycles. The number of hydrogen-bond acceptors (Lipinski definition) is 5. The number of aromatic carboxylic acids is 1. The second-order valence-electron chi connectivity index (χ2n) is 6.44. The molecule has 0 bridgehead atoms. The fraction of sp³-hybridized carbons (Fsp3) is 0.125. The van der Waals surface area contributed by atoms with Crippen LogP contribution in [-0.2, 0) is 4.79 Å². The molecule has 0 radical (unpaired) electrons. The third kappa shape index (κ3) is 4.95. The van der Waals surface area contributed by atoms with Gasteiger partial charge >= 0.3 is 5.97 Å². The summed E-state index contributed by atoms with van der Waals surface area (Å²) in [4.78, 5) is 26.0. The summed E-state index contributed by atoms with van der Waals surface area (Å²) in [5, 5.41) is 9.14. The number of carboxylic acid groups (broad SMARTS) is 1. The molecule has 4 rings (SSSR count). The van der Waals surface area contributed by atoms with E-state index in [2.05, 4.69) is 0 Å². The molecule has 1 N–H and O–H groups in total. The van der Waals surface area contributed by atoms with E-state index in [1.165, 1.54) is 22.7 Å². The van der Waals surface area contributed by atoms with Crippen molar-refractivity contribution in [3.63, 3.8) is 0 Å². The Balaban J connectivity index is 0.00000132. The monoisotopic (exact) mass is 451 g/mol. The zero-order valence-corrected chi connectivity index (χ0v) is 18.9. The molecular weight excluding hydrogens is 430 g/mol. The minimum atomic E-state index is -1.00. The SMILES string of the molecule is CC.Cc1cccc(N2C(=O)/C(=C/c3ccc(-c4cccc(C(=O)O)c4)o3)SC2=S)c1. The molecule has 7 heteroatoms. The second kappa shape index (κ2) is 9.76. The van der Waals surface area contributed by atoms with Gasteiger partial charge in [0.2, 0.25) is 0 Å². The molecule has 0 unspecified atom stereocenters. The van der Waals surface area contributed by atoms with Crippen molar-refractivity contribution in [3.8, 4) is 11.3 Å². The molecule has 158 valence electrons. The molecule has 5 nitrogen and oxygen atoms in total. The van der Waals surface area contributed by atoms with Crippen molar-refractivity contribution in [1.82, 2.24) is 0 Å². The topological polar surface area (TPSA) is 70.8 Å². The number of carbonyl (C=O) groups excluding carboxylic acids is 1. The number of amides is 1. The van der Waals surface area contributed by atoms with Gasteiger partial charge in [-0.1, -0.05) is 62.1 Å². The minimum absolute atomic E-state index is 0.180. The lowest BCUT2D eigenvalue weighted by atomic mass is 10.1. The Morgan fingerprint density at radius 2 is 1.84 bits per heavy atom. The largest absolute Gasteiger partial charge is 0.478 e. The van der Waals surface area contributed by atoms with Crippen molar-refractivity contribution in [3.05, 3.63) is 82.5 Å². The van der Waals surface area contributed by atoms with E-state index in [1.54, 1.807) is 36.4 Å². The third-order valence-corrected chi connectivity index (χ3v) is 5.65. The highest BCUT2D eigenvalue weighted by molar-refractivity contribution is 8.27. The quantitative estimate of drug-likeness (QED) is 0.366. The van der Waals surface area contributed by atoms with Crippen LogP contribution < -0.4 is 4.90 Å². The Morgan fingerprint density at radius 1 is 1.10 bits per heavy atom. The molecule has 1 fully saturated rings. The van der Waals surface area contributed by atoms with Gasteiger partial charge in [-0.3, -0.25) is 9.69 Å². The van der Waals surface area contributed by atoms with Crippen molar-refractivity contribution in [2.75, 3.05) is 4.90 Å². The van der Waals surface area contributed by atoms with Crippen molar-refractivity contribution >= 4 is 51.9 Å². The first kappa shape index (κ1) is 22.5. The summed E-state index contributed by atoms with van der Waals surface area (Å²) in [5.41, 5.74) is 2.61. The van der Waals surface area contributed by atoms with Crippen LogP contribution in [-0.4, -0.2) is 21.3 Å². The lowest BCUT2D eigenvalue weighted by Crippen LogP contribution is -2.27. The number of carboxylic acids is 1. The van der Waals surface area contributed by atoms with E-state index in [-0.39, 0.29) is 11.5 Å². The van der Waals surface area contributed by atoms with Gasteiger partial charge in [-0.05, 0) is 48.9 Å². The molecule has 1 aliphatic rings. The zero-order chi connectivity index (χ0) is 22.5. The lowest BCUT2D eigenvalue weighted by molar-refractivity contribution is -0.113. The molecule has 1 saturated heterocycles. The summed E-state index contributed by atoms with van der Waals surface area (Å²) in [6.45, 7) is 5.96. The molecule has 0 spiro atoms. The predicted octanol–water partition coefficient (Wildman–Crippen LogP) is 6.39. The van der Waals surface area contributed by atoms with Gasteiger partial charge in [-0.2, -0.15) is 0 Å². The van der Waals surface area contributed by atoms with E-state index in [1.807, 2.05) is 45.0 Å². The summed E-state index contributed by atoms with van der Waals surface area (Å²) < 4.78 is 6.28. The Labute approximate surface area is 190 Å². The maximum Gasteiger partial charge on any atom is 0.335 e. The molecule has 1 aliphatic heterocycles. The fourth-order valence-electron chi connectivity index (χ4n) is 2.98. The van der Waals surface area contributed by atoms with Crippen LogP contribution in [0.5, 0.6) is 0 Å². The van der Waals surface area contributed by atoms with Gasteiger partial charge in [0.25, 0.3) is 5.91 Å². The molecular formula is C24H21NO4S2. The number of nitrogens with zero attached hydrogens (tertiary/aromatic N) is 1. The Morgan fingerprint density at radius 3 is 2.55 bits per heavy atom. The van der Waals surface area contributed by atoms with Crippen LogP contribution >= 0.6 is 24.0 Å². The summed E-state index contributed by atoms with van der Waals surface area (Å²) >= 11 is 6.62. The summed E-state index contributed by atoms with van der Waals surface area (Å²) in [5.74, 6) is -0.186. The van der Waals surface area contributed by atoms with Gasteiger partial charge in [0, 0.05) is 11.6 Å². The molecule has 0 aliphatic carbocycles. The Bertz CT molecular complexity index is 1180. The normalized spacial score (nSPS) is 14.5. The van der Waals surface area contributed by atoms with E-state index in [0.29, 0.717) is 26.3 Å². The van der Waals surface area contributed by atoms with Gasteiger partial charge in [-0.15, -0.1) is 0 Å². The minimum Gasteiger partial charge on any atom is -0.478 e. The van der Waals surface area contributed by atoms with E-state index in [0.717, 1.165) is 11.3 Å². The smallest absolute Gasteiger partial charge is 0.335 e. The molecule has 1 aromatic heterocycles. The molecule has 31 heavy (non-hydrogen) atoms. The van der Waals surface area contributed by atoms with Crippen LogP contribution in [0.4, 0.5) is 5.69 Å². The predicted molar refractivity (Wildman–Crippen MR) is 129 cm³/mol. The van der Waals surface area contributed by atoms with Crippen LogP contribution in [0.1, 0.15) is 35.5 Å². The second-order valence-corrected chi connectivity index (χ2v) is 8.12. The number of carbonyl (C=O) groups is 2. The van der Waals surface area contributed by atoms with E-state index < -0.39 is 5.97 Å². The van der Waals surface area contributed by atoms with Crippen molar-refractivity contribution in [2.45, 2.75) is 20.8 Å². The first-order chi connectivity index (χ1) is 14.9. The number of rotatable bonds is 4. The Hall–Kier alpha value is -3.16. The van der Waals surface area contributed by atoms with Gasteiger partial charge in [0.15, 0.2) is 4.32 Å². The highest BCUT2D eigenvalue weighted by atomic mass is 32.2. The number of hydrogen-bond donors (Lipinski definition) is 1. The van der Waals surface area contributed by atoms with Crippen molar-refractivity contribution < 1.29 is 19.1 Å². The first-order valence-electron chi connectivity index (χ1n) is 9.70. The summed E-state index contributed by atoms with van der Waals surface area (Å²) in [7, 11) is 0. The molecule has 1 amide bonds. The fourth-order valence-corrected chi connectivity index (χ4v) is 4.26. The van der Waals surface area contributed by atoms with Gasteiger partial charge < -0.3 is 9.52 Å². The van der Waals surface area contributed by atoms with Gasteiger partial charge in [0.1, 0.15) is 11.5 Å². The number of furan rings is 1. The number of anilines is 1. The third-order valence-electron chi connectivity index (χ3n) is 4.35. The van der Waals surface area contributed by atoms with Gasteiger partial charge in [0.05, 0.1) is 16.2 Å². The summed E-state index contributed by atoms with van der Waals surface area (Å²) in [6.07, 6.45) is 1.65. The van der Waals surface area contributed by atoms with Crippen LogP contribution in [0.15, 0.2) is 70.0 Å². The molecule has 0 saturated carbocycles. The van der Waals surface area contributed by atoms with Crippen molar-refractivity contribution in [2.24, 2.45) is 0 Å². The maximum atomic E-state index is 12.9. The average Bonchev–Trinajstić information content (AvgIpc) is 3.34. The van der Waals surface area contributed by atoms with Crippen LogP contribution in [0.25, 0.3) is 17.4 Å². The van der Waals surface area contributed by atoms with E-state index in [9.17, 15) is 9.59 Å². The zero-order valence-electron chi connectivity index (χ0n) is 17.3. The van der Waals surface area contributed by atoms with Crippen LogP contribution in [0, 0.1) is 6.92 Å². The van der Waals surface area contributed by atoms with E-state index >= 15 is 0 Å². The highest BCUT2D eigenvalue weighted by Gasteiger charge is 2.33. The number of thioether (sulfide) groups is 1. The van der Waals surface area contributed by atoms with Crippen LogP contribution in [0.3, 0.4) is 0 Å². The van der Waals surface area contributed by atoms with Crippen molar-refractivity contribution in [1.29, 1.82) is 0 Å². The van der Waals surface area contributed by atoms with Gasteiger partial charge in [-0.25, -0.2) is 4.79 Å². The molecule has 0 atom stereocenters. The maximum absolute atomic E-state index is 12.9.